The van der Waals surface area contributed by atoms with Crippen LogP contribution < -0.4 is 10.1 Å². The first kappa shape index (κ1) is 13.4. The van der Waals surface area contributed by atoms with Crippen LogP contribution in [-0.2, 0) is 6.54 Å². The van der Waals surface area contributed by atoms with E-state index in [1.807, 2.05) is 31.3 Å². The number of ether oxygens (including phenoxy) is 1. The number of aromatic nitrogens is 1. The molecule has 1 atom stereocenters. The summed E-state index contributed by atoms with van der Waals surface area (Å²) in [5, 5.41) is 4.36. The predicted molar refractivity (Wildman–Crippen MR) is 80.1 cm³/mol. The Morgan fingerprint density at radius 2 is 2.35 bits per heavy atom. The number of hydrogen-bond donors (Lipinski definition) is 1. The maximum absolute atomic E-state index is 6.23. The van der Waals surface area contributed by atoms with Crippen molar-refractivity contribution in [3.05, 3.63) is 58.4 Å². The summed E-state index contributed by atoms with van der Waals surface area (Å²) in [5.41, 5.74) is 3.38. The molecule has 104 valence electrons. The van der Waals surface area contributed by atoms with E-state index in [1.165, 1.54) is 5.56 Å². The van der Waals surface area contributed by atoms with Gasteiger partial charge >= 0.3 is 0 Å². The zero-order valence-electron chi connectivity index (χ0n) is 11.4. The smallest absolute Gasteiger partial charge is 0.124 e. The summed E-state index contributed by atoms with van der Waals surface area (Å²) >= 11 is 6.23. The summed E-state index contributed by atoms with van der Waals surface area (Å²) in [6.45, 7) is 3.53. The molecule has 1 aromatic carbocycles. The number of hydrogen-bond acceptors (Lipinski definition) is 3. The van der Waals surface area contributed by atoms with Gasteiger partial charge in [-0.3, -0.25) is 4.98 Å². The third-order valence-electron chi connectivity index (χ3n) is 3.61. The lowest BCUT2D eigenvalue weighted by molar-refractivity contribution is 0.252. The van der Waals surface area contributed by atoms with Crippen molar-refractivity contribution >= 4 is 11.6 Å². The first-order valence-electron chi connectivity index (χ1n) is 6.79. The third-order valence-corrected chi connectivity index (χ3v) is 4.01. The van der Waals surface area contributed by atoms with Gasteiger partial charge in [0.05, 0.1) is 6.61 Å². The second kappa shape index (κ2) is 5.81. The van der Waals surface area contributed by atoms with Gasteiger partial charge < -0.3 is 10.1 Å². The third kappa shape index (κ3) is 2.79. The van der Waals surface area contributed by atoms with E-state index in [-0.39, 0.29) is 6.04 Å². The average Bonchev–Trinajstić information content (AvgIpc) is 2.47. The fraction of sp³-hybridized carbons (Fsp3) is 0.312. The van der Waals surface area contributed by atoms with Crippen LogP contribution in [0.4, 0.5) is 0 Å². The second-order valence-electron chi connectivity index (χ2n) is 5.07. The molecule has 0 fully saturated rings. The van der Waals surface area contributed by atoms with Crippen LogP contribution in [0, 0.1) is 6.92 Å². The van der Waals surface area contributed by atoms with E-state index in [9.17, 15) is 0 Å². The molecule has 3 nitrogen and oxygen atoms in total. The highest BCUT2D eigenvalue weighted by Crippen LogP contribution is 2.35. The number of nitrogens with one attached hydrogen (secondary N) is 1. The molecule has 1 unspecified atom stereocenters. The van der Waals surface area contributed by atoms with Crippen molar-refractivity contribution in [1.29, 1.82) is 0 Å². The molecule has 3 rings (SSSR count). The van der Waals surface area contributed by atoms with Crippen molar-refractivity contribution in [2.45, 2.75) is 25.9 Å². The molecule has 0 amide bonds. The molecule has 2 aromatic rings. The Hall–Kier alpha value is -1.58. The Morgan fingerprint density at radius 3 is 3.15 bits per heavy atom. The highest BCUT2D eigenvalue weighted by Gasteiger charge is 2.22. The van der Waals surface area contributed by atoms with E-state index < -0.39 is 0 Å². The first-order chi connectivity index (χ1) is 9.74. The minimum absolute atomic E-state index is 0.275. The van der Waals surface area contributed by atoms with Gasteiger partial charge in [-0.1, -0.05) is 17.7 Å². The highest BCUT2D eigenvalue weighted by molar-refractivity contribution is 6.31. The van der Waals surface area contributed by atoms with Gasteiger partial charge in [0.2, 0.25) is 0 Å². The zero-order valence-corrected chi connectivity index (χ0v) is 12.2. The number of nitrogens with zero attached hydrogens (tertiary/aromatic N) is 1. The quantitative estimate of drug-likeness (QED) is 0.936. The summed E-state index contributed by atoms with van der Waals surface area (Å²) in [4.78, 5) is 4.13. The molecule has 0 bridgehead atoms. The molecule has 1 N–H and O–H groups in total. The van der Waals surface area contributed by atoms with Gasteiger partial charge in [-0.05, 0) is 36.2 Å². The molecular weight excluding hydrogens is 272 g/mol. The fourth-order valence-corrected chi connectivity index (χ4v) is 2.64. The number of halogens is 1. The SMILES string of the molecule is Cc1cc2c(cc1Cl)C(NCc1cccnc1)CCO2. The maximum Gasteiger partial charge on any atom is 0.124 e. The summed E-state index contributed by atoms with van der Waals surface area (Å²) in [7, 11) is 0. The van der Waals surface area contributed by atoms with Crippen molar-refractivity contribution in [2.24, 2.45) is 0 Å². The fourth-order valence-electron chi connectivity index (χ4n) is 2.47. The lowest BCUT2D eigenvalue weighted by atomic mass is 9.98. The lowest BCUT2D eigenvalue weighted by Gasteiger charge is -2.27. The molecular formula is C16H17ClN2O. The molecule has 0 radical (unpaired) electrons. The molecule has 0 saturated heterocycles. The van der Waals surface area contributed by atoms with Gasteiger partial charge in [0, 0.05) is 42.0 Å². The topological polar surface area (TPSA) is 34.2 Å². The number of benzene rings is 1. The van der Waals surface area contributed by atoms with E-state index >= 15 is 0 Å². The van der Waals surface area contributed by atoms with Crippen LogP contribution in [0.3, 0.4) is 0 Å². The Balaban J connectivity index is 1.78. The summed E-state index contributed by atoms with van der Waals surface area (Å²) in [5.74, 6) is 0.946. The van der Waals surface area contributed by atoms with Crippen LogP contribution in [0.5, 0.6) is 5.75 Å². The van der Waals surface area contributed by atoms with E-state index in [0.29, 0.717) is 0 Å². The van der Waals surface area contributed by atoms with Gasteiger partial charge in [0.25, 0.3) is 0 Å². The van der Waals surface area contributed by atoms with Crippen LogP contribution in [0.15, 0.2) is 36.7 Å². The predicted octanol–water partition coefficient (Wildman–Crippen LogP) is 3.66. The van der Waals surface area contributed by atoms with Gasteiger partial charge in [0.15, 0.2) is 0 Å². The average molecular weight is 289 g/mol. The van der Waals surface area contributed by atoms with Crippen LogP contribution >= 0.6 is 11.6 Å². The monoisotopic (exact) mass is 288 g/mol. The van der Waals surface area contributed by atoms with Gasteiger partial charge in [-0.2, -0.15) is 0 Å². The molecule has 0 aliphatic carbocycles. The van der Waals surface area contributed by atoms with Gasteiger partial charge in [0.1, 0.15) is 5.75 Å². The highest BCUT2D eigenvalue weighted by atomic mass is 35.5. The van der Waals surface area contributed by atoms with Crippen LogP contribution in [0.25, 0.3) is 0 Å². The van der Waals surface area contributed by atoms with Crippen LogP contribution in [-0.4, -0.2) is 11.6 Å². The molecule has 20 heavy (non-hydrogen) atoms. The second-order valence-corrected chi connectivity index (χ2v) is 5.48. The number of pyridine rings is 1. The van der Waals surface area contributed by atoms with Crippen molar-refractivity contribution in [3.8, 4) is 5.75 Å². The van der Waals surface area contributed by atoms with E-state index in [2.05, 4.69) is 16.4 Å². The van der Waals surface area contributed by atoms with Crippen LogP contribution in [0.1, 0.15) is 29.2 Å². The molecule has 4 heteroatoms. The van der Waals surface area contributed by atoms with Crippen LogP contribution in [0.2, 0.25) is 5.02 Å². The molecule has 1 aromatic heterocycles. The number of rotatable bonds is 3. The maximum atomic E-state index is 6.23. The minimum Gasteiger partial charge on any atom is -0.493 e. The Labute approximate surface area is 123 Å². The molecule has 2 heterocycles. The lowest BCUT2D eigenvalue weighted by Crippen LogP contribution is -2.27. The normalized spacial score (nSPS) is 17.4. The summed E-state index contributed by atoms with van der Waals surface area (Å²) < 4.78 is 5.73. The minimum atomic E-state index is 0.275. The zero-order chi connectivity index (χ0) is 13.9. The van der Waals surface area contributed by atoms with Crippen molar-refractivity contribution in [3.63, 3.8) is 0 Å². The largest absolute Gasteiger partial charge is 0.493 e. The standard InChI is InChI=1S/C16H17ClN2O/c1-11-7-16-13(8-14(11)17)15(4-6-20-16)19-10-12-3-2-5-18-9-12/h2-3,5,7-9,15,19H,4,6,10H2,1H3. The molecule has 1 aliphatic rings. The Kier molecular flexibility index (Phi) is 3.90. The Morgan fingerprint density at radius 1 is 1.45 bits per heavy atom. The van der Waals surface area contributed by atoms with Gasteiger partial charge in [-0.25, -0.2) is 0 Å². The van der Waals surface area contributed by atoms with Crippen molar-refractivity contribution in [1.82, 2.24) is 10.3 Å². The number of fused-ring (bicyclic) bond motifs is 1. The summed E-state index contributed by atoms with van der Waals surface area (Å²) in [6.07, 6.45) is 4.62. The molecule has 0 spiro atoms. The van der Waals surface area contributed by atoms with E-state index in [1.54, 1.807) is 6.20 Å². The van der Waals surface area contributed by atoms with Crippen molar-refractivity contribution < 1.29 is 4.74 Å². The van der Waals surface area contributed by atoms with Crippen molar-refractivity contribution in [2.75, 3.05) is 6.61 Å². The van der Waals surface area contributed by atoms with Gasteiger partial charge in [-0.15, -0.1) is 0 Å². The van der Waals surface area contributed by atoms with E-state index in [0.717, 1.165) is 41.5 Å². The molecule has 1 aliphatic heterocycles. The number of aryl methyl sites for hydroxylation is 1. The van der Waals surface area contributed by atoms with E-state index in [4.69, 9.17) is 16.3 Å². The first-order valence-corrected chi connectivity index (χ1v) is 7.17. The molecule has 0 saturated carbocycles. The summed E-state index contributed by atoms with van der Waals surface area (Å²) in [6, 6.07) is 8.34. The Bertz CT molecular complexity index is 601.